The quantitative estimate of drug-likeness (QED) is 0.466. The van der Waals surface area contributed by atoms with E-state index in [0.29, 0.717) is 0 Å². The third kappa shape index (κ3) is 6.64. The zero-order valence-corrected chi connectivity index (χ0v) is 8.45. The highest BCUT2D eigenvalue weighted by molar-refractivity contribution is 6.17. The molecular weight excluding hydrogens is 158 g/mol. The van der Waals surface area contributed by atoms with Crippen molar-refractivity contribution in [1.29, 1.82) is 0 Å². The van der Waals surface area contributed by atoms with Crippen LogP contribution in [0, 0.1) is 5.92 Å². The molecule has 0 aliphatic heterocycles. The minimum atomic E-state index is 0.777. The molecule has 1 nitrogen and oxygen atoms in total. The summed E-state index contributed by atoms with van der Waals surface area (Å²) in [5.41, 5.74) is 0. The molecule has 1 unspecified atom stereocenters. The summed E-state index contributed by atoms with van der Waals surface area (Å²) in [4.78, 5) is 0. The van der Waals surface area contributed by atoms with Crippen LogP contribution in [0.1, 0.15) is 33.1 Å². The average Bonchev–Trinajstić information content (AvgIpc) is 2.03. The number of hydrogen-bond donors (Lipinski definition) is 1. The van der Waals surface area contributed by atoms with Crippen LogP contribution in [0.4, 0.5) is 0 Å². The van der Waals surface area contributed by atoms with E-state index in [2.05, 4.69) is 19.2 Å². The standard InChI is InChI=1S/C9H20ClN/c1-3-7-11-8-9(4-2)5-6-10/h9,11H,3-8H2,1-2H3. The second-order valence-electron chi connectivity index (χ2n) is 2.96. The van der Waals surface area contributed by atoms with Crippen molar-refractivity contribution < 1.29 is 0 Å². The van der Waals surface area contributed by atoms with E-state index in [0.717, 1.165) is 31.3 Å². The first kappa shape index (κ1) is 11.2. The lowest BCUT2D eigenvalue weighted by Crippen LogP contribution is -2.23. The summed E-state index contributed by atoms with van der Waals surface area (Å²) in [5.74, 6) is 1.57. The molecule has 0 aromatic heterocycles. The van der Waals surface area contributed by atoms with Crippen LogP contribution in [0.3, 0.4) is 0 Å². The first-order valence-corrected chi connectivity index (χ1v) is 5.15. The van der Waals surface area contributed by atoms with Gasteiger partial charge >= 0.3 is 0 Å². The van der Waals surface area contributed by atoms with Gasteiger partial charge in [0.25, 0.3) is 0 Å². The van der Waals surface area contributed by atoms with Crippen LogP contribution >= 0.6 is 11.6 Å². The molecule has 0 amide bonds. The van der Waals surface area contributed by atoms with Gasteiger partial charge in [0.1, 0.15) is 0 Å². The predicted octanol–water partition coefficient (Wildman–Crippen LogP) is 2.64. The van der Waals surface area contributed by atoms with Crippen LogP contribution in [0.2, 0.25) is 0 Å². The van der Waals surface area contributed by atoms with Gasteiger partial charge in [-0.15, -0.1) is 11.6 Å². The Hall–Kier alpha value is 0.250. The fourth-order valence-corrected chi connectivity index (χ4v) is 1.40. The Labute approximate surface area is 75.5 Å². The van der Waals surface area contributed by atoms with E-state index < -0.39 is 0 Å². The van der Waals surface area contributed by atoms with Crippen molar-refractivity contribution in [2.24, 2.45) is 5.92 Å². The molecule has 0 aliphatic rings. The zero-order valence-electron chi connectivity index (χ0n) is 7.70. The number of alkyl halides is 1. The van der Waals surface area contributed by atoms with Crippen LogP contribution < -0.4 is 5.32 Å². The molecule has 0 saturated heterocycles. The molecule has 0 spiro atoms. The molecular formula is C9H20ClN. The lowest BCUT2D eigenvalue weighted by atomic mass is 10.0. The maximum atomic E-state index is 5.66. The largest absolute Gasteiger partial charge is 0.316 e. The number of nitrogens with one attached hydrogen (secondary N) is 1. The summed E-state index contributed by atoms with van der Waals surface area (Å²) in [6, 6.07) is 0. The molecule has 0 radical (unpaired) electrons. The predicted molar refractivity (Wildman–Crippen MR) is 52.3 cm³/mol. The Bertz CT molecular complexity index is 76.0. The first-order chi connectivity index (χ1) is 5.35. The number of rotatable bonds is 7. The van der Waals surface area contributed by atoms with Crippen molar-refractivity contribution in [3.05, 3.63) is 0 Å². The lowest BCUT2D eigenvalue weighted by molar-refractivity contribution is 0.452. The molecule has 0 aliphatic carbocycles. The second kappa shape index (κ2) is 8.35. The van der Waals surface area contributed by atoms with E-state index in [4.69, 9.17) is 11.6 Å². The Morgan fingerprint density at radius 1 is 1.36 bits per heavy atom. The molecule has 1 N–H and O–H groups in total. The minimum Gasteiger partial charge on any atom is -0.316 e. The van der Waals surface area contributed by atoms with Crippen LogP contribution in [0.5, 0.6) is 0 Å². The molecule has 0 aromatic rings. The van der Waals surface area contributed by atoms with Crippen LogP contribution in [-0.2, 0) is 0 Å². The molecule has 0 rings (SSSR count). The van der Waals surface area contributed by atoms with E-state index in [1.165, 1.54) is 12.8 Å². The monoisotopic (exact) mass is 177 g/mol. The molecule has 1 atom stereocenters. The Balaban J connectivity index is 3.20. The van der Waals surface area contributed by atoms with Gasteiger partial charge in [-0.2, -0.15) is 0 Å². The van der Waals surface area contributed by atoms with Crippen molar-refractivity contribution in [2.45, 2.75) is 33.1 Å². The molecule has 2 heteroatoms. The summed E-state index contributed by atoms with van der Waals surface area (Å²) < 4.78 is 0. The highest BCUT2D eigenvalue weighted by Gasteiger charge is 2.03. The van der Waals surface area contributed by atoms with E-state index in [9.17, 15) is 0 Å². The van der Waals surface area contributed by atoms with Gasteiger partial charge in [-0.25, -0.2) is 0 Å². The van der Waals surface area contributed by atoms with Crippen molar-refractivity contribution in [2.75, 3.05) is 19.0 Å². The molecule has 68 valence electrons. The maximum absolute atomic E-state index is 5.66. The third-order valence-electron chi connectivity index (χ3n) is 1.95. The van der Waals surface area contributed by atoms with Gasteiger partial charge in [-0.05, 0) is 31.8 Å². The number of halogens is 1. The third-order valence-corrected chi connectivity index (χ3v) is 2.17. The molecule has 0 fully saturated rings. The zero-order chi connectivity index (χ0) is 8.53. The van der Waals surface area contributed by atoms with Gasteiger partial charge in [0.2, 0.25) is 0 Å². The highest BCUT2D eigenvalue weighted by Crippen LogP contribution is 2.07. The van der Waals surface area contributed by atoms with Crippen LogP contribution in [0.15, 0.2) is 0 Å². The van der Waals surface area contributed by atoms with E-state index >= 15 is 0 Å². The fourth-order valence-electron chi connectivity index (χ4n) is 1.09. The second-order valence-corrected chi connectivity index (χ2v) is 3.33. The Morgan fingerprint density at radius 2 is 2.09 bits per heavy atom. The molecule has 0 saturated carbocycles. The van der Waals surface area contributed by atoms with Gasteiger partial charge in [0.05, 0.1) is 0 Å². The lowest BCUT2D eigenvalue weighted by Gasteiger charge is -2.13. The van der Waals surface area contributed by atoms with Crippen molar-refractivity contribution in [3.8, 4) is 0 Å². The van der Waals surface area contributed by atoms with E-state index in [1.807, 2.05) is 0 Å². The minimum absolute atomic E-state index is 0.777. The fraction of sp³-hybridized carbons (Fsp3) is 1.00. The van der Waals surface area contributed by atoms with Gasteiger partial charge in [0, 0.05) is 5.88 Å². The summed E-state index contributed by atoms with van der Waals surface area (Å²) in [5, 5.41) is 3.41. The summed E-state index contributed by atoms with van der Waals surface area (Å²) in [6.07, 6.45) is 3.61. The average molecular weight is 178 g/mol. The highest BCUT2D eigenvalue weighted by atomic mass is 35.5. The van der Waals surface area contributed by atoms with Crippen LogP contribution in [0.25, 0.3) is 0 Å². The summed E-state index contributed by atoms with van der Waals surface area (Å²) in [6.45, 7) is 6.69. The van der Waals surface area contributed by atoms with Gasteiger partial charge in [0.15, 0.2) is 0 Å². The van der Waals surface area contributed by atoms with Gasteiger partial charge in [-0.1, -0.05) is 20.3 Å². The number of hydrogen-bond acceptors (Lipinski definition) is 1. The molecule has 0 aromatic carbocycles. The first-order valence-electron chi connectivity index (χ1n) is 4.61. The van der Waals surface area contributed by atoms with E-state index in [-0.39, 0.29) is 0 Å². The Morgan fingerprint density at radius 3 is 2.55 bits per heavy atom. The van der Waals surface area contributed by atoms with E-state index in [1.54, 1.807) is 0 Å². The summed E-state index contributed by atoms with van der Waals surface area (Å²) in [7, 11) is 0. The SMILES string of the molecule is CCCNCC(CC)CCCl. The topological polar surface area (TPSA) is 12.0 Å². The maximum Gasteiger partial charge on any atom is 0.0226 e. The summed E-state index contributed by atoms with van der Waals surface area (Å²) >= 11 is 5.66. The van der Waals surface area contributed by atoms with Gasteiger partial charge in [-0.3, -0.25) is 0 Å². The van der Waals surface area contributed by atoms with Crippen molar-refractivity contribution >= 4 is 11.6 Å². The Kier molecular flexibility index (Phi) is 8.54. The molecule has 0 heterocycles. The normalized spacial score (nSPS) is 13.4. The molecule has 11 heavy (non-hydrogen) atoms. The smallest absolute Gasteiger partial charge is 0.0226 e. The molecule has 0 bridgehead atoms. The van der Waals surface area contributed by atoms with Crippen molar-refractivity contribution in [1.82, 2.24) is 5.32 Å². The van der Waals surface area contributed by atoms with Crippen molar-refractivity contribution in [3.63, 3.8) is 0 Å². The van der Waals surface area contributed by atoms with Crippen LogP contribution in [-0.4, -0.2) is 19.0 Å². The van der Waals surface area contributed by atoms with Gasteiger partial charge < -0.3 is 5.32 Å².